The molecule has 9 heteroatoms. The van der Waals surface area contributed by atoms with Gasteiger partial charge in [0.25, 0.3) is 5.91 Å². The van der Waals surface area contributed by atoms with Crippen LogP contribution in [0.2, 0.25) is 0 Å². The molecule has 1 amide bonds. The third-order valence-corrected chi connectivity index (χ3v) is 6.27. The van der Waals surface area contributed by atoms with Gasteiger partial charge < -0.3 is 25.0 Å². The lowest BCUT2D eigenvalue weighted by Crippen LogP contribution is -2.30. The first-order valence-electron chi connectivity index (χ1n) is 12.7. The van der Waals surface area contributed by atoms with Crippen LogP contribution in [0.25, 0.3) is 11.0 Å². The van der Waals surface area contributed by atoms with E-state index in [4.69, 9.17) is 14.6 Å². The van der Waals surface area contributed by atoms with Crippen molar-refractivity contribution in [1.82, 2.24) is 14.5 Å². The second-order valence-corrected chi connectivity index (χ2v) is 9.47. The molecule has 0 radical (unpaired) electrons. The van der Waals surface area contributed by atoms with Gasteiger partial charge in [0.2, 0.25) is 0 Å². The number of aliphatic hydroxyl groups is 1. The van der Waals surface area contributed by atoms with Crippen LogP contribution in [0.5, 0.6) is 5.75 Å². The maximum Gasteiger partial charge on any atom is 0.387 e. The SMILES string of the molecule is [2H]C([2H])([2H])N1C(=O)c2cccc(OC(F)F)c2[C@H]2C[C@@H]1c1nc3ccc(C#CC(N)CC(C)(C)O)cc3n12. The number of rotatable bonds is 4. The third kappa shape index (κ3) is 4.13. The number of fused-ring (bicyclic) bond motifs is 9. The molecule has 2 bridgehead atoms. The topological polar surface area (TPSA) is 93.6 Å². The highest BCUT2D eigenvalue weighted by atomic mass is 19.3. The summed E-state index contributed by atoms with van der Waals surface area (Å²) in [7, 11) is 0. The lowest BCUT2D eigenvalue weighted by molar-refractivity contribution is -0.0507. The number of nitrogens with two attached hydrogens (primary N) is 1. The first kappa shape index (κ1) is 19.8. The number of nitrogens with zero attached hydrogens (tertiary/aromatic N) is 3. The summed E-state index contributed by atoms with van der Waals surface area (Å²) in [6, 6.07) is 7.24. The number of benzene rings is 2. The summed E-state index contributed by atoms with van der Waals surface area (Å²) in [5.41, 5.74) is 6.99. The molecule has 0 fully saturated rings. The zero-order valence-electron chi connectivity index (χ0n) is 22.1. The fourth-order valence-electron chi connectivity index (χ4n) is 4.95. The molecule has 1 aromatic heterocycles. The van der Waals surface area contributed by atoms with Crippen molar-refractivity contribution in [2.45, 2.75) is 57.0 Å². The second-order valence-electron chi connectivity index (χ2n) is 9.47. The van der Waals surface area contributed by atoms with Crippen LogP contribution in [0, 0.1) is 11.8 Å². The number of amides is 1. The highest BCUT2D eigenvalue weighted by molar-refractivity contribution is 5.97. The summed E-state index contributed by atoms with van der Waals surface area (Å²) in [6.45, 7) is -2.64. The zero-order chi connectivity index (χ0) is 27.6. The van der Waals surface area contributed by atoms with E-state index in [2.05, 4.69) is 16.8 Å². The number of ether oxygens (including phenoxy) is 1. The van der Waals surface area contributed by atoms with Crippen LogP contribution in [0.3, 0.4) is 0 Å². The molecule has 3 heterocycles. The molecule has 3 aromatic rings. The Labute approximate surface area is 205 Å². The Kier molecular flexibility index (Phi) is 4.71. The van der Waals surface area contributed by atoms with Crippen LogP contribution in [-0.4, -0.2) is 50.7 Å². The number of aromatic nitrogens is 2. The third-order valence-electron chi connectivity index (χ3n) is 6.27. The number of hydrogen-bond donors (Lipinski definition) is 2. The Morgan fingerprint density at radius 1 is 1.34 bits per heavy atom. The van der Waals surface area contributed by atoms with E-state index < -0.39 is 43.2 Å². The molecule has 7 nitrogen and oxygen atoms in total. The fourth-order valence-corrected chi connectivity index (χ4v) is 4.95. The van der Waals surface area contributed by atoms with Crippen molar-refractivity contribution >= 4 is 16.9 Å². The van der Waals surface area contributed by atoms with E-state index in [0.29, 0.717) is 22.4 Å². The first-order chi connectivity index (χ1) is 17.7. The molecule has 3 N–H and O–H groups in total. The Balaban J connectivity index is 1.69. The molecular weight excluding hydrogens is 454 g/mol. The van der Waals surface area contributed by atoms with Crippen molar-refractivity contribution in [3.05, 3.63) is 58.9 Å². The van der Waals surface area contributed by atoms with E-state index in [1.807, 2.05) is 0 Å². The van der Waals surface area contributed by atoms with Gasteiger partial charge in [0.1, 0.15) is 11.6 Å². The average Bonchev–Trinajstić information content (AvgIpc) is 3.28. The molecule has 0 saturated carbocycles. The Morgan fingerprint density at radius 3 is 2.86 bits per heavy atom. The number of carbonyl (C=O) groups is 1. The zero-order valence-corrected chi connectivity index (χ0v) is 19.1. The van der Waals surface area contributed by atoms with E-state index in [1.54, 1.807) is 36.6 Å². The maximum absolute atomic E-state index is 13.5. The van der Waals surface area contributed by atoms with Crippen LogP contribution in [0.15, 0.2) is 36.4 Å². The molecule has 2 aromatic carbocycles. The Bertz CT molecular complexity index is 1490. The standard InChI is InChI=1S/C26H26F2N4O3/c1-26(2,34)13-15(29)9-7-14-8-10-17-18(11-14)32-19-12-20(23(32)30-17)31(3)24(33)16-5-4-6-21(22(16)19)35-25(27)28/h4-6,8,10-11,15,19-20,25,34H,12-13,29H2,1-3H3/t15?,19-,20-/m1/s1/i3D3. The molecule has 2 aliphatic rings. The second kappa shape index (κ2) is 8.33. The predicted octanol–water partition coefficient (Wildman–Crippen LogP) is 3.60. The number of halogens is 2. The van der Waals surface area contributed by atoms with E-state index in [1.165, 1.54) is 18.2 Å². The summed E-state index contributed by atoms with van der Waals surface area (Å²) in [4.78, 5) is 18.9. The molecule has 182 valence electrons. The molecule has 2 aliphatic heterocycles. The van der Waals surface area contributed by atoms with Gasteiger partial charge in [-0.2, -0.15) is 8.78 Å². The normalized spacial score (nSPS) is 21.4. The van der Waals surface area contributed by atoms with Crippen LogP contribution < -0.4 is 10.5 Å². The highest BCUT2D eigenvalue weighted by Crippen LogP contribution is 2.49. The van der Waals surface area contributed by atoms with Crippen molar-refractivity contribution in [1.29, 1.82) is 0 Å². The highest BCUT2D eigenvalue weighted by Gasteiger charge is 2.45. The van der Waals surface area contributed by atoms with Gasteiger partial charge in [-0.25, -0.2) is 4.98 Å². The molecule has 35 heavy (non-hydrogen) atoms. The Hall–Kier alpha value is -3.48. The lowest BCUT2D eigenvalue weighted by Gasteiger charge is -2.24. The molecule has 0 spiro atoms. The summed E-state index contributed by atoms with van der Waals surface area (Å²) in [6.07, 6.45) is 0.405. The number of carbonyl (C=O) groups excluding carboxylic acids is 1. The van der Waals surface area contributed by atoms with Crippen LogP contribution in [0.4, 0.5) is 8.78 Å². The minimum Gasteiger partial charge on any atom is -0.434 e. The van der Waals surface area contributed by atoms with Crippen LogP contribution >= 0.6 is 0 Å². The lowest BCUT2D eigenvalue weighted by atomic mass is 9.97. The molecule has 5 rings (SSSR count). The minimum absolute atomic E-state index is 0.00665. The first-order valence-corrected chi connectivity index (χ1v) is 11.2. The van der Waals surface area contributed by atoms with Crippen molar-refractivity contribution in [3.63, 3.8) is 0 Å². The molecule has 1 unspecified atom stereocenters. The van der Waals surface area contributed by atoms with Gasteiger partial charge in [-0.3, -0.25) is 4.79 Å². The number of hydrogen-bond acceptors (Lipinski definition) is 5. The molecular formula is C26H26F2N4O3. The molecule has 3 atom stereocenters. The van der Waals surface area contributed by atoms with Gasteiger partial charge in [0.15, 0.2) is 0 Å². The van der Waals surface area contributed by atoms with Gasteiger partial charge in [-0.1, -0.05) is 17.9 Å². The van der Waals surface area contributed by atoms with Crippen LogP contribution in [-0.2, 0) is 0 Å². The van der Waals surface area contributed by atoms with Gasteiger partial charge in [0, 0.05) is 40.6 Å². The monoisotopic (exact) mass is 483 g/mol. The van der Waals surface area contributed by atoms with Crippen molar-refractivity contribution in [2.75, 3.05) is 6.98 Å². The number of alkyl halides is 2. The summed E-state index contributed by atoms with van der Waals surface area (Å²) >= 11 is 0. The maximum atomic E-state index is 13.5. The van der Waals surface area contributed by atoms with Gasteiger partial charge in [-0.15, -0.1) is 0 Å². The largest absolute Gasteiger partial charge is 0.434 e. The van der Waals surface area contributed by atoms with Crippen LogP contribution in [0.1, 0.15) is 70.2 Å². The van der Waals surface area contributed by atoms with Crippen molar-refractivity contribution in [3.8, 4) is 17.6 Å². The smallest absolute Gasteiger partial charge is 0.387 e. The predicted molar refractivity (Wildman–Crippen MR) is 126 cm³/mol. The van der Waals surface area contributed by atoms with Crippen molar-refractivity contribution < 1.29 is 27.5 Å². The van der Waals surface area contributed by atoms with Crippen molar-refractivity contribution in [2.24, 2.45) is 5.73 Å². The summed E-state index contributed by atoms with van der Waals surface area (Å²) in [5, 5.41) is 9.98. The van der Waals surface area contributed by atoms with E-state index >= 15 is 0 Å². The van der Waals surface area contributed by atoms with E-state index in [0.717, 1.165) is 4.90 Å². The average molecular weight is 484 g/mol. The summed E-state index contributed by atoms with van der Waals surface area (Å²) in [5.74, 6) is 5.29. The van der Waals surface area contributed by atoms with Gasteiger partial charge in [0.05, 0.1) is 34.8 Å². The van der Waals surface area contributed by atoms with E-state index in [9.17, 15) is 18.7 Å². The molecule has 0 aliphatic carbocycles. The number of imidazole rings is 1. The van der Waals surface area contributed by atoms with Gasteiger partial charge in [-0.05, 0) is 44.2 Å². The summed E-state index contributed by atoms with van der Waals surface area (Å²) < 4.78 is 57.5. The quantitative estimate of drug-likeness (QED) is 0.553. The minimum atomic E-state index is -3.13. The Morgan fingerprint density at radius 2 is 2.14 bits per heavy atom. The fraction of sp³-hybridized carbons (Fsp3) is 0.385. The molecule has 0 saturated heterocycles. The van der Waals surface area contributed by atoms with Gasteiger partial charge >= 0.3 is 6.61 Å². The van der Waals surface area contributed by atoms with E-state index in [-0.39, 0.29) is 29.7 Å².